The van der Waals surface area contributed by atoms with Crippen molar-refractivity contribution in [3.8, 4) is 0 Å². The molecule has 0 N–H and O–H groups in total. The molecule has 2 heterocycles. The Morgan fingerprint density at radius 2 is 0.400 bits per heavy atom. The van der Waals surface area contributed by atoms with E-state index in [1.54, 1.807) is 0 Å². The first-order valence-electron chi connectivity index (χ1n) is 36.1. The van der Waals surface area contributed by atoms with Gasteiger partial charge in [-0.2, -0.15) is 0 Å². The third kappa shape index (κ3) is 43.3. The molecule has 0 aromatic heterocycles. The van der Waals surface area contributed by atoms with E-state index in [2.05, 4.69) is 27.7 Å². The molecule has 2 fully saturated rings. The van der Waals surface area contributed by atoms with Crippen LogP contribution in [0.2, 0.25) is 0 Å². The molecule has 0 bridgehead atoms. The normalized spacial score (nSPS) is 18.4. The second-order valence-electron chi connectivity index (χ2n) is 26.1. The van der Waals surface area contributed by atoms with Crippen LogP contribution in [0, 0.1) is 11.8 Å². The van der Waals surface area contributed by atoms with E-state index >= 15 is 0 Å². The molecule has 0 radical (unpaired) electrons. The molecule has 2 aliphatic heterocycles. The number of rotatable bonds is 64. The van der Waals surface area contributed by atoms with Crippen LogP contribution < -0.4 is 0 Å². The van der Waals surface area contributed by atoms with Gasteiger partial charge in [0.05, 0.1) is 13.2 Å². The Hall–Kier alpha value is -0.120. The Morgan fingerprint density at radius 1 is 0.240 bits per heavy atom. The SMILES string of the molecule is CCCCCCCCCCCCCCCCC(CCCCCC)CCCCCCCCCCC1(OC2(CCCCCCCCCCC(CCCCCC)CCCCCCCCCCCCCCCC)CCO2)CCO1. The highest BCUT2D eigenvalue weighted by atomic mass is 16.8. The van der Waals surface area contributed by atoms with Gasteiger partial charge >= 0.3 is 0 Å². The van der Waals surface area contributed by atoms with E-state index in [-0.39, 0.29) is 11.6 Å². The minimum Gasteiger partial charge on any atom is -0.349 e. The molecule has 0 aromatic rings. The minimum absolute atomic E-state index is 0.360. The van der Waals surface area contributed by atoms with Gasteiger partial charge in [0.15, 0.2) is 11.6 Å². The van der Waals surface area contributed by atoms with Gasteiger partial charge in [0, 0.05) is 25.7 Å². The van der Waals surface area contributed by atoms with Crippen LogP contribution >= 0.6 is 0 Å². The molecule has 0 aromatic carbocycles. The van der Waals surface area contributed by atoms with Crippen molar-refractivity contribution in [3.05, 3.63) is 0 Å². The van der Waals surface area contributed by atoms with Crippen LogP contribution in [0.3, 0.4) is 0 Å². The molecule has 2 aliphatic rings. The Balaban J connectivity index is 1.47. The van der Waals surface area contributed by atoms with Crippen LogP contribution in [0.15, 0.2) is 0 Å². The maximum Gasteiger partial charge on any atom is 0.173 e. The molecule has 448 valence electrons. The van der Waals surface area contributed by atoms with E-state index in [0.29, 0.717) is 0 Å². The fourth-order valence-electron chi connectivity index (χ4n) is 13.3. The first-order valence-corrected chi connectivity index (χ1v) is 36.1. The molecular weight excluding hydrogens is 913 g/mol. The quantitative estimate of drug-likeness (QED) is 0.0568. The smallest absolute Gasteiger partial charge is 0.173 e. The average molecular weight is 1060 g/mol. The van der Waals surface area contributed by atoms with Gasteiger partial charge in [0.25, 0.3) is 0 Å². The first-order chi connectivity index (χ1) is 37.1. The summed E-state index contributed by atoms with van der Waals surface area (Å²) in [5, 5.41) is 0. The van der Waals surface area contributed by atoms with E-state index < -0.39 is 0 Å². The van der Waals surface area contributed by atoms with Gasteiger partial charge < -0.3 is 14.2 Å². The van der Waals surface area contributed by atoms with Crippen molar-refractivity contribution >= 4 is 0 Å². The lowest BCUT2D eigenvalue weighted by Crippen LogP contribution is -2.57. The van der Waals surface area contributed by atoms with Crippen LogP contribution in [-0.4, -0.2) is 24.8 Å². The molecule has 2 saturated heterocycles. The molecule has 75 heavy (non-hydrogen) atoms. The summed E-state index contributed by atoms with van der Waals surface area (Å²) in [6, 6.07) is 0. The first kappa shape index (κ1) is 71.0. The van der Waals surface area contributed by atoms with Crippen molar-refractivity contribution in [3.63, 3.8) is 0 Å². The van der Waals surface area contributed by atoms with Crippen LogP contribution in [0.5, 0.6) is 0 Å². The van der Waals surface area contributed by atoms with Crippen molar-refractivity contribution in [2.75, 3.05) is 13.2 Å². The van der Waals surface area contributed by atoms with Gasteiger partial charge in [0.1, 0.15) is 0 Å². The highest BCUT2D eigenvalue weighted by molar-refractivity contribution is 4.86. The maximum absolute atomic E-state index is 6.85. The predicted octanol–water partition coefficient (Wildman–Crippen LogP) is 26.0. The lowest BCUT2D eigenvalue weighted by Gasteiger charge is -2.51. The topological polar surface area (TPSA) is 27.7 Å². The van der Waals surface area contributed by atoms with E-state index in [0.717, 1.165) is 50.7 Å². The molecule has 0 amide bonds. The molecule has 2 rings (SSSR count). The van der Waals surface area contributed by atoms with Gasteiger partial charge in [-0.25, -0.2) is 0 Å². The van der Waals surface area contributed by atoms with Crippen LogP contribution in [0.4, 0.5) is 0 Å². The van der Waals surface area contributed by atoms with Crippen molar-refractivity contribution in [2.24, 2.45) is 11.8 Å². The molecule has 3 nitrogen and oxygen atoms in total. The van der Waals surface area contributed by atoms with Crippen molar-refractivity contribution in [2.45, 2.75) is 437 Å². The zero-order chi connectivity index (χ0) is 53.5. The summed E-state index contributed by atoms with van der Waals surface area (Å²) in [4.78, 5) is 0. The van der Waals surface area contributed by atoms with E-state index in [1.807, 2.05) is 0 Å². The molecule has 0 aliphatic carbocycles. The van der Waals surface area contributed by atoms with E-state index in [4.69, 9.17) is 14.2 Å². The Labute approximate surface area is 474 Å². The van der Waals surface area contributed by atoms with Crippen molar-refractivity contribution in [1.29, 1.82) is 0 Å². The zero-order valence-corrected chi connectivity index (χ0v) is 52.6. The zero-order valence-electron chi connectivity index (χ0n) is 52.6. The number of hydrogen-bond acceptors (Lipinski definition) is 3. The van der Waals surface area contributed by atoms with Crippen LogP contribution in [-0.2, 0) is 14.2 Å². The summed E-state index contributed by atoms with van der Waals surface area (Å²) < 4.78 is 19.3. The number of ether oxygens (including phenoxy) is 3. The molecule has 4 unspecified atom stereocenters. The minimum atomic E-state index is -0.360. The van der Waals surface area contributed by atoms with Gasteiger partial charge in [0.2, 0.25) is 0 Å². The van der Waals surface area contributed by atoms with Gasteiger partial charge in [-0.15, -0.1) is 0 Å². The molecule has 0 spiro atoms. The lowest BCUT2D eigenvalue weighted by atomic mass is 9.89. The molecular formula is C72H142O3. The van der Waals surface area contributed by atoms with E-state index in [1.165, 1.54) is 372 Å². The largest absolute Gasteiger partial charge is 0.349 e. The van der Waals surface area contributed by atoms with E-state index in [9.17, 15) is 0 Å². The molecule has 3 heteroatoms. The maximum atomic E-state index is 6.85. The lowest BCUT2D eigenvalue weighted by molar-refractivity contribution is -0.432. The second-order valence-corrected chi connectivity index (χ2v) is 26.1. The summed E-state index contributed by atoms with van der Waals surface area (Å²) in [6.45, 7) is 11.1. The third-order valence-electron chi connectivity index (χ3n) is 18.8. The monoisotopic (exact) mass is 1060 g/mol. The average Bonchev–Trinajstić information content (AvgIpc) is 3.39. The number of hydrogen-bond donors (Lipinski definition) is 0. The summed E-state index contributed by atoms with van der Waals surface area (Å²) in [7, 11) is 0. The van der Waals surface area contributed by atoms with Gasteiger partial charge in [-0.05, 0) is 24.7 Å². The third-order valence-corrected chi connectivity index (χ3v) is 18.8. The van der Waals surface area contributed by atoms with Gasteiger partial charge in [-0.3, -0.25) is 0 Å². The fourth-order valence-corrected chi connectivity index (χ4v) is 13.3. The highest BCUT2D eigenvalue weighted by Crippen LogP contribution is 2.44. The van der Waals surface area contributed by atoms with Gasteiger partial charge in [-0.1, -0.05) is 387 Å². The van der Waals surface area contributed by atoms with Crippen LogP contribution in [0.25, 0.3) is 0 Å². The Bertz CT molecular complexity index is 1010. The van der Waals surface area contributed by atoms with Crippen LogP contribution in [0.1, 0.15) is 426 Å². The summed E-state index contributed by atoms with van der Waals surface area (Å²) >= 11 is 0. The number of unbranched alkanes of at least 4 members (excludes halogenated alkanes) is 46. The standard InChI is InChI=1S/C72H142O3/c1-5-9-13-17-19-21-23-25-27-29-31-37-43-51-59-69(57-49-15-11-7-3)61-53-45-39-33-35-41-47-55-63-71(65-67-73-71)75-72(66-68-74-72)64-56-48-42-36-34-40-46-54-62-70(58-50-16-12-8-4)60-52-44-38-32-30-28-26-24-22-20-18-14-10-6-2/h69-70H,5-68H2,1-4H3. The predicted molar refractivity (Wildman–Crippen MR) is 334 cm³/mol. The highest BCUT2D eigenvalue weighted by Gasteiger charge is 2.50. The summed E-state index contributed by atoms with van der Waals surface area (Å²) in [5.74, 6) is 1.28. The Morgan fingerprint density at radius 3 is 0.573 bits per heavy atom. The molecule has 4 atom stereocenters. The Kier molecular flexibility index (Phi) is 51.6. The summed E-state index contributed by atoms with van der Waals surface area (Å²) in [6.07, 6.45) is 88.0. The fraction of sp³-hybridized carbons (Fsp3) is 1.00. The summed E-state index contributed by atoms with van der Waals surface area (Å²) in [5.41, 5.74) is 0. The second kappa shape index (κ2) is 54.5. The molecule has 0 saturated carbocycles. The van der Waals surface area contributed by atoms with Crippen molar-refractivity contribution in [1.82, 2.24) is 0 Å². The van der Waals surface area contributed by atoms with Crippen molar-refractivity contribution < 1.29 is 14.2 Å².